The van der Waals surface area contributed by atoms with Gasteiger partial charge in [0.1, 0.15) is 0 Å². The lowest BCUT2D eigenvalue weighted by Gasteiger charge is -2.20. The van der Waals surface area contributed by atoms with Gasteiger partial charge in [-0.15, -0.1) is 0 Å². The summed E-state index contributed by atoms with van der Waals surface area (Å²) in [5.41, 5.74) is 0.926. The Morgan fingerprint density at radius 3 is 3.00 bits per heavy atom. The van der Waals surface area contributed by atoms with E-state index in [2.05, 4.69) is 10.3 Å². The summed E-state index contributed by atoms with van der Waals surface area (Å²) in [6.45, 7) is 5.07. The second kappa shape index (κ2) is 6.86. The van der Waals surface area contributed by atoms with Crippen molar-refractivity contribution in [2.45, 2.75) is 45.4 Å². The van der Waals surface area contributed by atoms with Crippen LogP contribution in [0.3, 0.4) is 0 Å². The van der Waals surface area contributed by atoms with Gasteiger partial charge in [-0.2, -0.15) is 0 Å². The summed E-state index contributed by atoms with van der Waals surface area (Å²) >= 11 is 5.21. The van der Waals surface area contributed by atoms with Crippen LogP contribution in [0.15, 0.2) is 23.0 Å². The second-order valence-electron chi connectivity index (χ2n) is 6.05. The van der Waals surface area contributed by atoms with E-state index in [9.17, 15) is 9.59 Å². The second-order valence-corrected chi connectivity index (χ2v) is 6.44. The van der Waals surface area contributed by atoms with Crippen LogP contribution in [0, 0.1) is 4.77 Å². The summed E-state index contributed by atoms with van der Waals surface area (Å²) < 4.78 is 7.46. The minimum atomic E-state index is -0.182. The van der Waals surface area contributed by atoms with Crippen LogP contribution in [0.2, 0.25) is 0 Å². The van der Waals surface area contributed by atoms with Crippen LogP contribution in [0.25, 0.3) is 10.9 Å². The molecule has 7 heteroatoms. The smallest absolute Gasteiger partial charge is 0.262 e. The first kappa shape index (κ1) is 16.9. The van der Waals surface area contributed by atoms with E-state index in [0.717, 1.165) is 19.4 Å². The molecule has 0 spiro atoms. The number of H-pyrrole nitrogens is 1. The van der Waals surface area contributed by atoms with Crippen molar-refractivity contribution in [2.24, 2.45) is 0 Å². The van der Waals surface area contributed by atoms with Gasteiger partial charge in [0.05, 0.1) is 23.0 Å². The normalized spacial score (nSPS) is 18.7. The van der Waals surface area contributed by atoms with Crippen molar-refractivity contribution in [3.05, 3.63) is 38.9 Å². The lowest BCUT2D eigenvalue weighted by atomic mass is 10.1. The Labute approximate surface area is 144 Å². The molecule has 3 rings (SSSR count). The van der Waals surface area contributed by atoms with Crippen molar-refractivity contribution in [1.82, 2.24) is 14.9 Å². The summed E-state index contributed by atoms with van der Waals surface area (Å²) in [6, 6.07) is 4.95. The van der Waals surface area contributed by atoms with E-state index in [0.29, 0.717) is 27.8 Å². The molecule has 1 amide bonds. The van der Waals surface area contributed by atoms with Crippen molar-refractivity contribution in [3.8, 4) is 0 Å². The van der Waals surface area contributed by atoms with Gasteiger partial charge in [-0.1, -0.05) is 0 Å². The molecule has 0 bridgehead atoms. The maximum absolute atomic E-state index is 12.5. The molecule has 24 heavy (non-hydrogen) atoms. The van der Waals surface area contributed by atoms with E-state index in [-0.39, 0.29) is 23.6 Å². The predicted molar refractivity (Wildman–Crippen MR) is 95.0 cm³/mol. The third kappa shape index (κ3) is 3.14. The number of hydrogen-bond acceptors (Lipinski definition) is 4. The number of carbonyl (C=O) groups excluding carboxylic acids is 1. The largest absolute Gasteiger partial charge is 0.376 e. The van der Waals surface area contributed by atoms with Crippen molar-refractivity contribution in [1.29, 1.82) is 0 Å². The van der Waals surface area contributed by atoms with Gasteiger partial charge < -0.3 is 15.0 Å². The van der Waals surface area contributed by atoms with Crippen LogP contribution in [0.1, 0.15) is 37.0 Å². The predicted octanol–water partition coefficient (Wildman–Crippen LogP) is 2.38. The van der Waals surface area contributed by atoms with Crippen molar-refractivity contribution in [3.63, 3.8) is 0 Å². The molecular formula is C17H21N3O3S. The quantitative estimate of drug-likeness (QED) is 0.833. The lowest BCUT2D eigenvalue weighted by Crippen LogP contribution is -2.40. The highest BCUT2D eigenvalue weighted by molar-refractivity contribution is 7.71. The van der Waals surface area contributed by atoms with Crippen LogP contribution in [0.4, 0.5) is 0 Å². The average molecular weight is 347 g/mol. The number of nitrogens with one attached hydrogen (secondary N) is 2. The Morgan fingerprint density at radius 1 is 1.54 bits per heavy atom. The Hall–Kier alpha value is -1.99. The van der Waals surface area contributed by atoms with Crippen LogP contribution in [-0.2, 0) is 11.3 Å². The summed E-state index contributed by atoms with van der Waals surface area (Å²) in [7, 11) is 0. The number of aromatic amines is 1. The number of amides is 1. The number of rotatable bonds is 4. The minimum Gasteiger partial charge on any atom is -0.376 e. The highest BCUT2D eigenvalue weighted by Crippen LogP contribution is 2.16. The number of fused-ring (bicyclic) bond motifs is 1. The molecular weight excluding hydrogens is 326 g/mol. The molecule has 0 aliphatic carbocycles. The highest BCUT2D eigenvalue weighted by atomic mass is 32.1. The first-order valence-corrected chi connectivity index (χ1v) is 8.61. The van der Waals surface area contributed by atoms with E-state index in [1.54, 1.807) is 18.2 Å². The fourth-order valence-corrected chi connectivity index (χ4v) is 3.38. The zero-order valence-electron chi connectivity index (χ0n) is 13.8. The molecule has 1 aliphatic heterocycles. The molecule has 128 valence electrons. The molecule has 1 saturated heterocycles. The minimum absolute atomic E-state index is 0.0534. The van der Waals surface area contributed by atoms with Crippen molar-refractivity contribution >= 4 is 29.0 Å². The molecule has 1 fully saturated rings. The molecule has 6 nitrogen and oxygen atoms in total. The van der Waals surface area contributed by atoms with Gasteiger partial charge in [0, 0.05) is 18.7 Å². The molecule has 2 heterocycles. The number of aromatic nitrogens is 2. The van der Waals surface area contributed by atoms with Gasteiger partial charge in [0.25, 0.3) is 11.5 Å². The Morgan fingerprint density at radius 2 is 2.33 bits per heavy atom. The molecule has 0 radical (unpaired) electrons. The van der Waals surface area contributed by atoms with Gasteiger partial charge in [0.2, 0.25) is 0 Å². The molecule has 0 saturated carbocycles. The molecule has 1 aromatic heterocycles. The monoisotopic (exact) mass is 347 g/mol. The topological polar surface area (TPSA) is 76.1 Å². The summed E-state index contributed by atoms with van der Waals surface area (Å²) in [4.78, 5) is 27.9. The average Bonchev–Trinajstić information content (AvgIpc) is 3.09. The third-order valence-electron chi connectivity index (χ3n) is 4.44. The van der Waals surface area contributed by atoms with Crippen LogP contribution in [-0.4, -0.2) is 34.2 Å². The number of benzene rings is 1. The van der Waals surface area contributed by atoms with Crippen LogP contribution >= 0.6 is 12.2 Å². The third-order valence-corrected chi connectivity index (χ3v) is 4.76. The van der Waals surface area contributed by atoms with Gasteiger partial charge in [0.15, 0.2) is 4.77 Å². The van der Waals surface area contributed by atoms with Crippen molar-refractivity contribution in [2.75, 3.05) is 6.61 Å². The summed E-state index contributed by atoms with van der Waals surface area (Å²) in [5, 5.41) is 3.49. The summed E-state index contributed by atoms with van der Waals surface area (Å²) in [5.74, 6) is -0.182. The van der Waals surface area contributed by atoms with E-state index in [4.69, 9.17) is 17.0 Å². The van der Waals surface area contributed by atoms with Crippen LogP contribution < -0.4 is 10.9 Å². The zero-order valence-corrected chi connectivity index (χ0v) is 14.6. The molecule has 2 N–H and O–H groups in total. The molecule has 1 aromatic carbocycles. The van der Waals surface area contributed by atoms with Gasteiger partial charge in [-0.25, -0.2) is 0 Å². The Kier molecular flexibility index (Phi) is 4.82. The lowest BCUT2D eigenvalue weighted by molar-refractivity contribution is 0.0712. The standard InChI is InChI=1S/C17H21N3O3S/c1-3-20-16(22)12-7-6-11(9-13(12)19-17(20)24)15(21)18-10(2)14-5-4-8-23-14/h6-7,9-10,14H,3-5,8H2,1-2H3,(H,18,21)(H,19,24)/t10-,14+/m0/s1. The zero-order chi connectivity index (χ0) is 17.3. The van der Waals surface area contributed by atoms with E-state index < -0.39 is 0 Å². The fourth-order valence-electron chi connectivity index (χ4n) is 3.06. The first-order chi connectivity index (χ1) is 11.5. The van der Waals surface area contributed by atoms with E-state index >= 15 is 0 Å². The maximum atomic E-state index is 12.5. The first-order valence-electron chi connectivity index (χ1n) is 8.20. The Bertz CT molecular complexity index is 881. The van der Waals surface area contributed by atoms with E-state index in [1.165, 1.54) is 4.57 Å². The number of carbonyl (C=O) groups is 1. The number of nitrogens with zero attached hydrogens (tertiary/aromatic N) is 1. The maximum Gasteiger partial charge on any atom is 0.262 e. The van der Waals surface area contributed by atoms with E-state index in [1.807, 2.05) is 13.8 Å². The number of ether oxygens (including phenoxy) is 1. The van der Waals surface area contributed by atoms with Gasteiger partial charge in [-0.05, 0) is 57.1 Å². The Balaban J connectivity index is 1.89. The fraction of sp³-hybridized carbons (Fsp3) is 0.471. The van der Waals surface area contributed by atoms with Gasteiger partial charge in [-0.3, -0.25) is 14.2 Å². The molecule has 0 unspecified atom stereocenters. The SMILES string of the molecule is CCn1c(=S)[nH]c2cc(C(=O)N[C@@H](C)[C@H]3CCCO3)ccc2c1=O. The van der Waals surface area contributed by atoms with Gasteiger partial charge >= 0.3 is 0 Å². The van der Waals surface area contributed by atoms with Crippen molar-refractivity contribution < 1.29 is 9.53 Å². The molecule has 2 aromatic rings. The highest BCUT2D eigenvalue weighted by Gasteiger charge is 2.24. The van der Waals surface area contributed by atoms with Crippen LogP contribution in [0.5, 0.6) is 0 Å². The summed E-state index contributed by atoms with van der Waals surface area (Å²) in [6.07, 6.45) is 2.06. The molecule has 2 atom stereocenters. The molecule has 1 aliphatic rings. The number of hydrogen-bond donors (Lipinski definition) is 2.